The van der Waals surface area contributed by atoms with Crippen LogP contribution in [0.15, 0.2) is 0 Å². The lowest BCUT2D eigenvalue weighted by atomic mass is 10.2. The summed E-state index contributed by atoms with van der Waals surface area (Å²) in [5, 5.41) is 0.863. The largest absolute Gasteiger partial charge is 0.327 e. The molecule has 0 aliphatic carbocycles. The van der Waals surface area contributed by atoms with Crippen LogP contribution in [-0.2, 0) is 14.2 Å². The van der Waals surface area contributed by atoms with Crippen molar-refractivity contribution in [2.75, 3.05) is 18.5 Å². The first-order chi connectivity index (χ1) is 6.35. The first-order valence-electron chi connectivity index (χ1n) is 4.86. The van der Waals surface area contributed by atoms with Crippen molar-refractivity contribution in [1.82, 2.24) is 0 Å². The van der Waals surface area contributed by atoms with Gasteiger partial charge in [0.25, 0.3) is 5.97 Å². The fourth-order valence-corrected chi connectivity index (χ4v) is 2.25. The van der Waals surface area contributed by atoms with E-state index in [2.05, 4.69) is 15.9 Å². The van der Waals surface area contributed by atoms with Gasteiger partial charge in [-0.1, -0.05) is 15.9 Å². The lowest BCUT2D eigenvalue weighted by molar-refractivity contribution is -0.364. The summed E-state index contributed by atoms with van der Waals surface area (Å²) in [5.74, 6) is -0.699. The Bertz CT molecular complexity index is 168. The summed E-state index contributed by atoms with van der Waals surface area (Å²) >= 11 is 3.44. The number of hydrogen-bond donors (Lipinski definition) is 0. The highest BCUT2D eigenvalue weighted by atomic mass is 79.9. The summed E-state index contributed by atoms with van der Waals surface area (Å²) in [7, 11) is 0. The Labute approximate surface area is 86.9 Å². The quantitative estimate of drug-likeness (QED) is 0.667. The summed E-state index contributed by atoms with van der Waals surface area (Å²) in [5.41, 5.74) is 0. The molecule has 2 unspecified atom stereocenters. The van der Waals surface area contributed by atoms with Gasteiger partial charge in [0.2, 0.25) is 0 Å². The third-order valence-corrected chi connectivity index (χ3v) is 3.18. The van der Waals surface area contributed by atoms with Crippen LogP contribution in [0, 0.1) is 0 Å². The Hall–Kier alpha value is 0.360. The van der Waals surface area contributed by atoms with E-state index in [0.29, 0.717) is 0 Å². The maximum atomic E-state index is 5.82. The van der Waals surface area contributed by atoms with Gasteiger partial charge < -0.3 is 14.2 Å². The summed E-state index contributed by atoms with van der Waals surface area (Å²) < 4.78 is 17.0. The van der Waals surface area contributed by atoms with E-state index in [1.54, 1.807) is 0 Å². The normalized spacial score (nSPS) is 40.8. The van der Waals surface area contributed by atoms with Crippen LogP contribution in [0.3, 0.4) is 0 Å². The van der Waals surface area contributed by atoms with Gasteiger partial charge in [-0.05, 0) is 19.3 Å². The summed E-state index contributed by atoms with van der Waals surface area (Å²) in [6.45, 7) is 1.51. The maximum absolute atomic E-state index is 5.82. The standard InChI is InChI=1S/C9H15BrO3/c10-7-8-3-1-5-11-9(13-8)4-2-6-12-9/h8H,1-7H2. The molecule has 0 aromatic heterocycles. The van der Waals surface area contributed by atoms with Crippen LogP contribution in [0.5, 0.6) is 0 Å². The van der Waals surface area contributed by atoms with Gasteiger partial charge in [0.05, 0.1) is 19.3 Å². The summed E-state index contributed by atoms with van der Waals surface area (Å²) in [4.78, 5) is 0. The molecule has 2 saturated heterocycles. The van der Waals surface area contributed by atoms with Crippen LogP contribution in [0.25, 0.3) is 0 Å². The van der Waals surface area contributed by atoms with Crippen molar-refractivity contribution in [3.8, 4) is 0 Å². The maximum Gasteiger partial charge on any atom is 0.283 e. The van der Waals surface area contributed by atoms with E-state index < -0.39 is 5.97 Å². The van der Waals surface area contributed by atoms with E-state index in [4.69, 9.17) is 14.2 Å². The number of ether oxygens (including phenoxy) is 3. The van der Waals surface area contributed by atoms with Crippen molar-refractivity contribution in [3.63, 3.8) is 0 Å². The van der Waals surface area contributed by atoms with Crippen LogP contribution >= 0.6 is 15.9 Å². The Morgan fingerprint density at radius 1 is 1.23 bits per heavy atom. The van der Waals surface area contributed by atoms with Gasteiger partial charge in [-0.25, -0.2) is 0 Å². The molecule has 2 atom stereocenters. The molecule has 0 N–H and O–H groups in total. The molecule has 2 fully saturated rings. The topological polar surface area (TPSA) is 27.7 Å². The van der Waals surface area contributed by atoms with Gasteiger partial charge in [-0.3, -0.25) is 0 Å². The lowest BCUT2D eigenvalue weighted by Crippen LogP contribution is -2.37. The molecular formula is C9H15BrO3. The molecule has 13 heavy (non-hydrogen) atoms. The summed E-state index contributed by atoms with van der Waals surface area (Å²) in [6, 6.07) is 0. The van der Waals surface area contributed by atoms with Crippen molar-refractivity contribution >= 4 is 15.9 Å². The van der Waals surface area contributed by atoms with Gasteiger partial charge in [-0.15, -0.1) is 0 Å². The predicted molar refractivity (Wildman–Crippen MR) is 51.8 cm³/mol. The Morgan fingerprint density at radius 3 is 2.69 bits per heavy atom. The molecule has 0 aromatic carbocycles. The molecule has 2 aliphatic heterocycles. The van der Waals surface area contributed by atoms with Gasteiger partial charge in [-0.2, -0.15) is 0 Å². The van der Waals surface area contributed by atoms with Crippen molar-refractivity contribution in [2.45, 2.75) is 37.8 Å². The average Bonchev–Trinajstić information content (AvgIpc) is 2.48. The first-order valence-corrected chi connectivity index (χ1v) is 5.98. The average molecular weight is 251 g/mol. The molecule has 1 spiro atoms. The Kier molecular flexibility index (Phi) is 3.24. The molecule has 0 saturated carbocycles. The molecule has 4 heteroatoms. The fraction of sp³-hybridized carbons (Fsp3) is 1.00. The van der Waals surface area contributed by atoms with E-state index in [1.807, 2.05) is 0 Å². The van der Waals surface area contributed by atoms with E-state index >= 15 is 0 Å². The molecule has 2 heterocycles. The van der Waals surface area contributed by atoms with Gasteiger partial charge in [0.15, 0.2) is 0 Å². The van der Waals surface area contributed by atoms with Gasteiger partial charge in [0.1, 0.15) is 0 Å². The Balaban J connectivity index is 2.00. The zero-order chi connectivity index (χ0) is 9.15. The van der Waals surface area contributed by atoms with Crippen LogP contribution in [0.1, 0.15) is 25.7 Å². The molecule has 3 nitrogen and oxygen atoms in total. The number of rotatable bonds is 1. The molecule has 0 amide bonds. The number of alkyl halides is 1. The predicted octanol–water partition coefficient (Wildman–Crippen LogP) is 2.04. The minimum absolute atomic E-state index is 0.237. The molecular weight excluding hydrogens is 236 g/mol. The van der Waals surface area contributed by atoms with E-state index in [1.165, 1.54) is 0 Å². The molecule has 76 valence electrons. The molecule has 0 bridgehead atoms. The van der Waals surface area contributed by atoms with Crippen molar-refractivity contribution in [3.05, 3.63) is 0 Å². The smallest absolute Gasteiger partial charge is 0.283 e. The molecule has 2 rings (SSSR count). The highest BCUT2D eigenvalue weighted by molar-refractivity contribution is 9.09. The zero-order valence-electron chi connectivity index (χ0n) is 7.63. The highest BCUT2D eigenvalue weighted by Gasteiger charge is 2.41. The highest BCUT2D eigenvalue weighted by Crippen LogP contribution is 2.33. The van der Waals surface area contributed by atoms with Crippen LogP contribution in [-0.4, -0.2) is 30.6 Å². The van der Waals surface area contributed by atoms with Crippen molar-refractivity contribution in [1.29, 1.82) is 0 Å². The monoisotopic (exact) mass is 250 g/mol. The zero-order valence-corrected chi connectivity index (χ0v) is 9.22. The number of hydrogen-bond acceptors (Lipinski definition) is 3. The van der Waals surface area contributed by atoms with E-state index in [9.17, 15) is 0 Å². The van der Waals surface area contributed by atoms with E-state index in [0.717, 1.165) is 44.2 Å². The minimum atomic E-state index is -0.699. The molecule has 0 aromatic rings. The lowest BCUT2D eigenvalue weighted by Gasteiger charge is -2.28. The third-order valence-electron chi connectivity index (χ3n) is 2.46. The van der Waals surface area contributed by atoms with Crippen LogP contribution < -0.4 is 0 Å². The van der Waals surface area contributed by atoms with Crippen LogP contribution in [0.4, 0.5) is 0 Å². The third kappa shape index (κ3) is 2.24. The second kappa shape index (κ2) is 4.26. The van der Waals surface area contributed by atoms with E-state index in [-0.39, 0.29) is 6.10 Å². The van der Waals surface area contributed by atoms with Gasteiger partial charge >= 0.3 is 0 Å². The second-order valence-corrected chi connectivity index (χ2v) is 4.17. The minimum Gasteiger partial charge on any atom is -0.327 e. The van der Waals surface area contributed by atoms with Crippen LogP contribution in [0.2, 0.25) is 0 Å². The SMILES string of the molecule is BrCC1CCCOC2(CCCO2)O1. The number of halogens is 1. The van der Waals surface area contributed by atoms with Crippen molar-refractivity contribution in [2.24, 2.45) is 0 Å². The first kappa shape index (κ1) is 9.90. The van der Waals surface area contributed by atoms with Gasteiger partial charge in [0, 0.05) is 11.8 Å². The molecule has 2 aliphatic rings. The second-order valence-electron chi connectivity index (χ2n) is 3.52. The fourth-order valence-electron chi connectivity index (χ4n) is 1.79. The summed E-state index contributed by atoms with van der Waals surface area (Å²) in [6.07, 6.45) is 4.25. The van der Waals surface area contributed by atoms with Crippen molar-refractivity contribution < 1.29 is 14.2 Å². The molecule has 0 radical (unpaired) electrons. The Morgan fingerprint density at radius 2 is 2.00 bits per heavy atom.